The predicted octanol–water partition coefficient (Wildman–Crippen LogP) is 1.15. The van der Waals surface area contributed by atoms with E-state index in [1.807, 2.05) is 22.7 Å². The van der Waals surface area contributed by atoms with Gasteiger partial charge in [0.15, 0.2) is 0 Å². The third-order valence-corrected chi connectivity index (χ3v) is 5.13. The number of fused-ring (bicyclic) bond motifs is 1. The first kappa shape index (κ1) is 18.5. The minimum Gasteiger partial charge on any atom is -0.365 e. The average molecular weight is 381 g/mol. The van der Waals surface area contributed by atoms with Crippen LogP contribution in [0, 0.1) is 17.8 Å². The quantitative estimate of drug-likeness (QED) is 0.779. The molecule has 2 aliphatic heterocycles. The second-order valence-corrected chi connectivity index (χ2v) is 7.14. The van der Waals surface area contributed by atoms with E-state index in [-0.39, 0.29) is 18.4 Å². The van der Waals surface area contributed by atoms with Crippen molar-refractivity contribution in [3.05, 3.63) is 30.1 Å². The van der Waals surface area contributed by atoms with E-state index in [0.717, 1.165) is 25.1 Å². The minimum atomic E-state index is -0.425. The summed E-state index contributed by atoms with van der Waals surface area (Å²) in [6.45, 7) is 4.91. The first-order valence-corrected chi connectivity index (χ1v) is 9.51. The summed E-state index contributed by atoms with van der Waals surface area (Å²) >= 11 is 0. The number of amides is 3. The van der Waals surface area contributed by atoms with Gasteiger partial charge in [-0.1, -0.05) is 18.8 Å². The van der Waals surface area contributed by atoms with Crippen molar-refractivity contribution in [2.24, 2.45) is 5.92 Å². The van der Waals surface area contributed by atoms with E-state index in [4.69, 9.17) is 4.74 Å². The molecule has 0 unspecified atom stereocenters. The molecule has 8 heteroatoms. The zero-order valence-corrected chi connectivity index (χ0v) is 15.8. The van der Waals surface area contributed by atoms with Gasteiger partial charge in [-0.15, -0.1) is 0 Å². The molecule has 3 amide bonds. The van der Waals surface area contributed by atoms with Crippen molar-refractivity contribution in [3.63, 3.8) is 0 Å². The maximum Gasteiger partial charge on any atom is 0.329 e. The molecular weight excluding hydrogens is 358 g/mol. The Balaban J connectivity index is 1.43. The number of piperidine rings is 1. The lowest BCUT2D eigenvalue weighted by Gasteiger charge is -2.28. The van der Waals surface area contributed by atoms with Crippen LogP contribution in [0.5, 0.6) is 0 Å². The van der Waals surface area contributed by atoms with Crippen molar-refractivity contribution in [3.8, 4) is 11.8 Å². The molecule has 0 aliphatic carbocycles. The first-order valence-electron chi connectivity index (χ1n) is 9.51. The van der Waals surface area contributed by atoms with Crippen molar-refractivity contribution < 1.29 is 14.3 Å². The Morgan fingerprint density at radius 2 is 2.29 bits per heavy atom. The van der Waals surface area contributed by atoms with Gasteiger partial charge in [0.1, 0.15) is 18.1 Å². The maximum absolute atomic E-state index is 12.1. The molecule has 28 heavy (non-hydrogen) atoms. The molecule has 0 spiro atoms. The number of urea groups is 1. The highest BCUT2D eigenvalue weighted by atomic mass is 16.5. The predicted molar refractivity (Wildman–Crippen MR) is 104 cm³/mol. The number of carbonyl (C=O) groups excluding carboxylic acids is 2. The Kier molecular flexibility index (Phi) is 5.28. The zero-order chi connectivity index (χ0) is 19.5. The van der Waals surface area contributed by atoms with Crippen LogP contribution < -0.4 is 15.5 Å². The van der Waals surface area contributed by atoms with Gasteiger partial charge in [0.05, 0.1) is 12.3 Å². The number of rotatable bonds is 3. The average Bonchev–Trinajstić information content (AvgIpc) is 3.09. The molecule has 2 aliphatic rings. The van der Waals surface area contributed by atoms with E-state index in [1.54, 1.807) is 6.20 Å². The van der Waals surface area contributed by atoms with Crippen molar-refractivity contribution in [2.75, 3.05) is 31.1 Å². The van der Waals surface area contributed by atoms with Crippen LogP contribution in [0.25, 0.3) is 5.65 Å². The van der Waals surface area contributed by atoms with Gasteiger partial charge in [-0.3, -0.25) is 19.4 Å². The normalized spacial score (nSPS) is 22.7. The summed E-state index contributed by atoms with van der Waals surface area (Å²) in [5.41, 5.74) is 1.53. The molecule has 0 saturated carbocycles. The Morgan fingerprint density at radius 1 is 1.39 bits per heavy atom. The van der Waals surface area contributed by atoms with Crippen LogP contribution in [-0.4, -0.2) is 53.7 Å². The molecule has 0 radical (unpaired) electrons. The number of ether oxygens (including phenoxy) is 1. The van der Waals surface area contributed by atoms with Crippen molar-refractivity contribution in [1.29, 1.82) is 0 Å². The first-order chi connectivity index (χ1) is 13.6. The van der Waals surface area contributed by atoms with Gasteiger partial charge < -0.3 is 10.1 Å². The molecule has 2 atom stereocenters. The highest BCUT2D eigenvalue weighted by Gasteiger charge is 2.26. The second kappa shape index (κ2) is 8.00. The Morgan fingerprint density at radius 3 is 3.11 bits per heavy atom. The van der Waals surface area contributed by atoms with E-state index >= 15 is 0 Å². The molecule has 0 bridgehead atoms. The summed E-state index contributed by atoms with van der Waals surface area (Å²) in [6, 6.07) is 3.33. The highest BCUT2D eigenvalue weighted by molar-refractivity contribution is 6.05. The summed E-state index contributed by atoms with van der Waals surface area (Å²) in [6.07, 6.45) is 5.01. The third-order valence-electron chi connectivity index (χ3n) is 5.13. The van der Waals surface area contributed by atoms with E-state index in [9.17, 15) is 9.59 Å². The number of aromatic nitrogens is 2. The van der Waals surface area contributed by atoms with Gasteiger partial charge >= 0.3 is 6.03 Å². The number of imidazole rings is 1. The number of carbonyl (C=O) groups is 2. The summed E-state index contributed by atoms with van der Waals surface area (Å²) in [4.78, 5) is 29.3. The van der Waals surface area contributed by atoms with Crippen LogP contribution in [0.15, 0.2) is 24.5 Å². The largest absolute Gasteiger partial charge is 0.365 e. The fraction of sp³-hybridized carbons (Fsp3) is 0.450. The fourth-order valence-corrected chi connectivity index (χ4v) is 3.55. The molecule has 2 saturated heterocycles. The van der Waals surface area contributed by atoms with Crippen molar-refractivity contribution in [1.82, 2.24) is 20.0 Å². The van der Waals surface area contributed by atoms with E-state index < -0.39 is 6.03 Å². The van der Waals surface area contributed by atoms with Gasteiger partial charge in [-0.05, 0) is 31.0 Å². The van der Waals surface area contributed by atoms with Crippen LogP contribution in [0.2, 0.25) is 0 Å². The number of pyridine rings is 1. The minimum absolute atomic E-state index is 0.256. The van der Waals surface area contributed by atoms with Crippen molar-refractivity contribution in [2.45, 2.75) is 25.9 Å². The number of imide groups is 1. The topological polar surface area (TPSA) is 88.0 Å². The Labute approximate surface area is 163 Å². The SMILES string of the molecule is C[C@H]1CNCC[C@@H]1OCC#Cc1ccn2c(N3CCC(=O)NC3=O)cnc2c1. The Hall–Kier alpha value is -2.89. The number of anilines is 1. The van der Waals surface area contributed by atoms with Crippen molar-refractivity contribution >= 4 is 23.4 Å². The Bertz CT molecular complexity index is 958. The number of hydrogen-bond acceptors (Lipinski definition) is 5. The van der Waals surface area contributed by atoms with E-state index in [0.29, 0.717) is 30.5 Å². The van der Waals surface area contributed by atoms with Crippen LogP contribution in [-0.2, 0) is 9.53 Å². The monoisotopic (exact) mass is 381 g/mol. The van der Waals surface area contributed by atoms with Crippen LogP contribution in [0.1, 0.15) is 25.3 Å². The van der Waals surface area contributed by atoms with Gasteiger partial charge in [-0.25, -0.2) is 9.78 Å². The molecule has 4 rings (SSSR count). The van der Waals surface area contributed by atoms with Crippen LogP contribution >= 0.6 is 0 Å². The molecule has 2 aromatic rings. The lowest BCUT2D eigenvalue weighted by Crippen LogP contribution is -2.50. The fourth-order valence-electron chi connectivity index (χ4n) is 3.55. The molecule has 0 aromatic carbocycles. The molecular formula is C20H23N5O3. The molecule has 146 valence electrons. The van der Waals surface area contributed by atoms with E-state index in [1.165, 1.54) is 4.90 Å². The van der Waals surface area contributed by atoms with Gasteiger partial charge in [0, 0.05) is 31.3 Å². The summed E-state index contributed by atoms with van der Waals surface area (Å²) < 4.78 is 7.71. The number of hydrogen-bond donors (Lipinski definition) is 2. The smallest absolute Gasteiger partial charge is 0.329 e. The number of nitrogens with one attached hydrogen (secondary N) is 2. The molecule has 4 heterocycles. The van der Waals surface area contributed by atoms with Gasteiger partial charge in [0.2, 0.25) is 5.91 Å². The summed E-state index contributed by atoms with van der Waals surface area (Å²) in [5, 5.41) is 5.68. The molecule has 8 nitrogen and oxygen atoms in total. The molecule has 2 aromatic heterocycles. The van der Waals surface area contributed by atoms with Gasteiger partial charge in [0.25, 0.3) is 0 Å². The summed E-state index contributed by atoms with van der Waals surface area (Å²) in [7, 11) is 0. The van der Waals surface area contributed by atoms with Gasteiger partial charge in [-0.2, -0.15) is 0 Å². The molecule has 2 fully saturated rings. The van der Waals surface area contributed by atoms with E-state index in [2.05, 4.69) is 34.4 Å². The van der Waals surface area contributed by atoms with Crippen LogP contribution in [0.4, 0.5) is 10.6 Å². The standard InChI is InChI=1S/C20H23N5O3/c1-14-12-21-7-4-16(14)28-10-2-3-15-5-8-24-17(11-15)22-13-19(24)25-9-6-18(26)23-20(25)27/h5,8,11,13-14,16,21H,4,6-7,9-10,12H2,1H3,(H,23,26,27)/t14-,16-/m0/s1. The lowest BCUT2D eigenvalue weighted by atomic mass is 9.98. The highest BCUT2D eigenvalue weighted by Crippen LogP contribution is 2.20. The summed E-state index contributed by atoms with van der Waals surface area (Å²) in [5.74, 6) is 7.06. The third kappa shape index (κ3) is 3.86. The lowest BCUT2D eigenvalue weighted by molar-refractivity contribution is -0.120. The van der Waals surface area contributed by atoms with Crippen LogP contribution in [0.3, 0.4) is 0 Å². The maximum atomic E-state index is 12.1. The number of nitrogens with zero attached hydrogens (tertiary/aromatic N) is 3. The zero-order valence-electron chi connectivity index (χ0n) is 15.8. The molecule has 2 N–H and O–H groups in total. The second-order valence-electron chi connectivity index (χ2n) is 7.14.